The SMILES string of the molecule is CN=C(NCCc1cccs1)NCCc1ccc(I)s1. The van der Waals surface area contributed by atoms with Gasteiger partial charge in [-0.15, -0.1) is 22.7 Å². The van der Waals surface area contributed by atoms with E-state index in [1.54, 1.807) is 11.3 Å². The van der Waals surface area contributed by atoms with Gasteiger partial charge in [-0.2, -0.15) is 0 Å². The Kier molecular flexibility index (Phi) is 6.81. The third kappa shape index (κ3) is 5.41. The number of guanidine groups is 1. The van der Waals surface area contributed by atoms with Crippen LogP contribution in [-0.4, -0.2) is 26.1 Å². The third-order valence-electron chi connectivity index (χ3n) is 2.76. The molecule has 0 radical (unpaired) electrons. The van der Waals surface area contributed by atoms with Crippen LogP contribution in [0.4, 0.5) is 0 Å². The summed E-state index contributed by atoms with van der Waals surface area (Å²) in [7, 11) is 1.81. The summed E-state index contributed by atoms with van der Waals surface area (Å²) >= 11 is 6.01. The molecule has 0 saturated heterocycles. The molecule has 0 saturated carbocycles. The lowest BCUT2D eigenvalue weighted by molar-refractivity contribution is 0.791. The van der Waals surface area contributed by atoms with E-state index >= 15 is 0 Å². The normalized spacial score (nSPS) is 11.6. The molecule has 3 nitrogen and oxygen atoms in total. The molecule has 2 aromatic heterocycles. The molecule has 0 fully saturated rings. The zero-order valence-electron chi connectivity index (χ0n) is 11.4. The van der Waals surface area contributed by atoms with Gasteiger partial charge in [-0.3, -0.25) is 4.99 Å². The number of rotatable bonds is 6. The maximum Gasteiger partial charge on any atom is 0.190 e. The summed E-state index contributed by atoms with van der Waals surface area (Å²) in [6.45, 7) is 1.83. The highest BCUT2D eigenvalue weighted by Crippen LogP contribution is 2.18. The molecule has 2 rings (SSSR count). The number of thiophene rings is 2. The van der Waals surface area contributed by atoms with Gasteiger partial charge in [-0.25, -0.2) is 0 Å². The van der Waals surface area contributed by atoms with E-state index in [9.17, 15) is 0 Å². The molecular formula is C14H18IN3S2. The Bertz CT molecular complexity index is 534. The fourth-order valence-electron chi connectivity index (χ4n) is 1.77. The van der Waals surface area contributed by atoms with Crippen LogP contribution in [-0.2, 0) is 12.8 Å². The van der Waals surface area contributed by atoms with Gasteiger partial charge in [0, 0.05) is 29.9 Å². The fraction of sp³-hybridized carbons (Fsp3) is 0.357. The lowest BCUT2D eigenvalue weighted by Crippen LogP contribution is -2.39. The van der Waals surface area contributed by atoms with Crippen molar-refractivity contribution in [2.45, 2.75) is 12.8 Å². The summed E-state index contributed by atoms with van der Waals surface area (Å²) in [6.07, 6.45) is 2.08. The zero-order valence-corrected chi connectivity index (χ0v) is 15.1. The molecule has 6 heteroatoms. The minimum Gasteiger partial charge on any atom is -0.356 e. The summed E-state index contributed by atoms with van der Waals surface area (Å²) in [5, 5.41) is 8.82. The van der Waals surface area contributed by atoms with E-state index < -0.39 is 0 Å². The van der Waals surface area contributed by atoms with Gasteiger partial charge in [-0.05, 0) is 59.0 Å². The number of halogens is 1. The molecule has 0 unspecified atom stereocenters. The summed E-state index contributed by atoms with van der Waals surface area (Å²) in [5.41, 5.74) is 0. The highest BCUT2D eigenvalue weighted by molar-refractivity contribution is 14.1. The van der Waals surface area contributed by atoms with Gasteiger partial charge in [-0.1, -0.05) is 6.07 Å². The highest BCUT2D eigenvalue weighted by atomic mass is 127. The van der Waals surface area contributed by atoms with Crippen molar-refractivity contribution in [3.63, 3.8) is 0 Å². The first-order valence-corrected chi connectivity index (χ1v) is 9.26. The molecule has 0 spiro atoms. The first-order valence-electron chi connectivity index (χ1n) is 6.49. The van der Waals surface area contributed by atoms with Crippen molar-refractivity contribution in [3.8, 4) is 0 Å². The highest BCUT2D eigenvalue weighted by Gasteiger charge is 2.00. The monoisotopic (exact) mass is 419 g/mol. The van der Waals surface area contributed by atoms with Crippen molar-refractivity contribution in [1.82, 2.24) is 10.6 Å². The van der Waals surface area contributed by atoms with Crippen LogP contribution in [0.3, 0.4) is 0 Å². The average molecular weight is 419 g/mol. The van der Waals surface area contributed by atoms with E-state index in [-0.39, 0.29) is 0 Å². The maximum absolute atomic E-state index is 4.24. The molecule has 2 heterocycles. The number of aliphatic imine (C=N–C) groups is 1. The standard InChI is InChI=1S/C14H18IN3S2/c1-16-14(17-8-6-11-3-2-10-19-11)18-9-7-12-4-5-13(15)20-12/h2-5,10H,6-9H2,1H3,(H2,16,17,18). The van der Waals surface area contributed by atoms with E-state index in [0.29, 0.717) is 0 Å². The maximum atomic E-state index is 4.24. The summed E-state index contributed by atoms with van der Waals surface area (Å²) in [5.74, 6) is 0.882. The summed E-state index contributed by atoms with van der Waals surface area (Å²) in [4.78, 5) is 7.06. The van der Waals surface area contributed by atoms with Crippen LogP contribution in [0.2, 0.25) is 0 Å². The van der Waals surface area contributed by atoms with E-state index in [4.69, 9.17) is 0 Å². The molecule has 0 aliphatic carbocycles. The number of nitrogens with zero attached hydrogens (tertiary/aromatic N) is 1. The van der Waals surface area contributed by atoms with Crippen LogP contribution < -0.4 is 10.6 Å². The quantitative estimate of drug-likeness (QED) is 0.428. The molecule has 0 aromatic carbocycles. The van der Waals surface area contributed by atoms with Crippen LogP contribution in [0.5, 0.6) is 0 Å². The Hall–Kier alpha value is -0.600. The molecule has 0 atom stereocenters. The molecule has 0 bridgehead atoms. The van der Waals surface area contributed by atoms with E-state index in [2.05, 4.69) is 67.9 Å². The van der Waals surface area contributed by atoms with Gasteiger partial charge >= 0.3 is 0 Å². The minimum atomic E-state index is 0.882. The molecule has 108 valence electrons. The predicted octanol–water partition coefficient (Wildman–Crippen LogP) is 3.36. The van der Waals surface area contributed by atoms with Gasteiger partial charge in [0.15, 0.2) is 5.96 Å². The first-order chi connectivity index (χ1) is 9.78. The Balaban J connectivity index is 1.65. The van der Waals surface area contributed by atoms with E-state index in [1.165, 1.54) is 12.6 Å². The molecule has 0 aliphatic rings. The molecule has 2 aromatic rings. The molecule has 20 heavy (non-hydrogen) atoms. The average Bonchev–Trinajstić information content (AvgIpc) is 3.09. The van der Waals surface area contributed by atoms with Crippen LogP contribution in [0.1, 0.15) is 9.75 Å². The second-order valence-electron chi connectivity index (χ2n) is 4.21. The molecule has 2 N–H and O–H groups in total. The Morgan fingerprint density at radius 2 is 1.90 bits per heavy atom. The zero-order chi connectivity index (χ0) is 14.2. The first kappa shape index (κ1) is 15.8. The lowest BCUT2D eigenvalue weighted by atomic mass is 10.3. The van der Waals surface area contributed by atoms with Crippen LogP contribution in [0, 0.1) is 2.88 Å². The molecular weight excluding hydrogens is 401 g/mol. The number of hydrogen-bond acceptors (Lipinski definition) is 3. The number of hydrogen-bond donors (Lipinski definition) is 2. The van der Waals surface area contributed by atoms with Crippen LogP contribution in [0.25, 0.3) is 0 Å². The van der Waals surface area contributed by atoms with Crippen molar-refractivity contribution >= 4 is 51.2 Å². The van der Waals surface area contributed by atoms with Gasteiger partial charge in [0.25, 0.3) is 0 Å². The van der Waals surface area contributed by atoms with E-state index in [1.807, 2.05) is 18.4 Å². The largest absolute Gasteiger partial charge is 0.356 e. The van der Waals surface area contributed by atoms with Crippen molar-refractivity contribution < 1.29 is 0 Å². The Labute approximate surface area is 141 Å². The lowest BCUT2D eigenvalue weighted by Gasteiger charge is -2.10. The molecule has 0 amide bonds. The van der Waals surface area contributed by atoms with Crippen molar-refractivity contribution in [2.75, 3.05) is 20.1 Å². The minimum absolute atomic E-state index is 0.882. The smallest absolute Gasteiger partial charge is 0.190 e. The second kappa shape index (κ2) is 8.63. The van der Waals surface area contributed by atoms with Crippen LogP contribution >= 0.6 is 45.3 Å². The van der Waals surface area contributed by atoms with E-state index in [0.717, 1.165) is 31.9 Å². The topological polar surface area (TPSA) is 36.4 Å². The van der Waals surface area contributed by atoms with Gasteiger partial charge < -0.3 is 10.6 Å². The van der Waals surface area contributed by atoms with Gasteiger partial charge in [0.05, 0.1) is 2.88 Å². The van der Waals surface area contributed by atoms with Gasteiger partial charge in [0.2, 0.25) is 0 Å². The Morgan fingerprint density at radius 1 is 1.15 bits per heavy atom. The molecule has 0 aliphatic heterocycles. The van der Waals surface area contributed by atoms with Crippen LogP contribution in [0.15, 0.2) is 34.6 Å². The van der Waals surface area contributed by atoms with Gasteiger partial charge in [0.1, 0.15) is 0 Å². The second-order valence-corrected chi connectivity index (χ2v) is 8.31. The Morgan fingerprint density at radius 3 is 2.45 bits per heavy atom. The number of nitrogens with one attached hydrogen (secondary N) is 2. The summed E-state index contributed by atoms with van der Waals surface area (Å²) < 4.78 is 1.34. The van der Waals surface area contributed by atoms with Crippen molar-refractivity contribution in [1.29, 1.82) is 0 Å². The van der Waals surface area contributed by atoms with Crippen molar-refractivity contribution in [2.24, 2.45) is 4.99 Å². The van der Waals surface area contributed by atoms with Crippen molar-refractivity contribution in [3.05, 3.63) is 42.3 Å². The summed E-state index contributed by atoms with van der Waals surface area (Å²) in [6, 6.07) is 8.62. The third-order valence-corrected chi connectivity index (χ3v) is 5.65. The fourth-order valence-corrected chi connectivity index (χ4v) is 4.23. The predicted molar refractivity (Wildman–Crippen MR) is 98.1 cm³/mol.